The maximum atomic E-state index is 11.7. The molecule has 2 heterocycles. The second kappa shape index (κ2) is 5.94. The van der Waals surface area contributed by atoms with Crippen LogP contribution in [0.3, 0.4) is 0 Å². The molecule has 0 spiro atoms. The van der Waals surface area contributed by atoms with Gasteiger partial charge in [0.15, 0.2) is 9.84 Å². The minimum absolute atomic E-state index is 0.0848. The molecule has 1 aliphatic rings. The van der Waals surface area contributed by atoms with E-state index in [1.165, 1.54) is 0 Å². The molecular weight excluding hydrogens is 300 g/mol. The summed E-state index contributed by atoms with van der Waals surface area (Å²) in [5.74, 6) is 0.441. The summed E-state index contributed by atoms with van der Waals surface area (Å²) in [7, 11) is 1.22. The minimum atomic E-state index is -2.92. The van der Waals surface area contributed by atoms with E-state index in [1.807, 2.05) is 24.0 Å². The van der Waals surface area contributed by atoms with Gasteiger partial charge in [0.05, 0.1) is 23.2 Å². The van der Waals surface area contributed by atoms with Gasteiger partial charge in [-0.25, -0.2) is 8.42 Å². The average molecular weight is 328 g/mol. The molecule has 1 aliphatic heterocycles. The molecular formula is C15H28N4O2S. The van der Waals surface area contributed by atoms with Gasteiger partial charge >= 0.3 is 0 Å². The van der Waals surface area contributed by atoms with Crippen molar-refractivity contribution in [2.45, 2.75) is 44.8 Å². The van der Waals surface area contributed by atoms with Crippen LogP contribution >= 0.6 is 0 Å². The summed E-state index contributed by atoms with van der Waals surface area (Å²) in [5.41, 5.74) is 0.765. The zero-order valence-corrected chi connectivity index (χ0v) is 15.1. The number of rotatable bonds is 6. The Bertz CT molecular complexity index is 621. The van der Waals surface area contributed by atoms with Crippen LogP contribution in [0.1, 0.15) is 32.8 Å². The van der Waals surface area contributed by atoms with Crippen molar-refractivity contribution >= 4 is 9.84 Å². The lowest BCUT2D eigenvalue weighted by Gasteiger charge is -2.32. The van der Waals surface area contributed by atoms with Gasteiger partial charge in [0.2, 0.25) is 0 Å². The standard InChI is InChI=1S/C15H28N4O2S/c1-14(2,18(4)5)11-16-8-13-9-17-19(10-13)15(3)6-7-22(20,21)12-15/h9-10,16H,6-8,11-12H2,1-5H3. The molecule has 0 saturated carbocycles. The summed E-state index contributed by atoms with van der Waals surface area (Å²) in [4.78, 5) is 2.19. The van der Waals surface area contributed by atoms with Crippen LogP contribution < -0.4 is 5.32 Å². The fourth-order valence-corrected chi connectivity index (χ4v) is 4.71. The second-order valence-electron chi connectivity index (χ2n) is 7.44. The van der Waals surface area contributed by atoms with Crippen molar-refractivity contribution < 1.29 is 8.42 Å². The van der Waals surface area contributed by atoms with Crippen molar-refractivity contribution in [3.05, 3.63) is 18.0 Å². The number of likely N-dealkylation sites (N-methyl/N-ethyl adjacent to an activating group) is 1. The van der Waals surface area contributed by atoms with Gasteiger partial charge in [0.25, 0.3) is 0 Å². The summed E-state index contributed by atoms with van der Waals surface area (Å²) in [6, 6.07) is 0. The molecule has 1 fully saturated rings. The fraction of sp³-hybridized carbons (Fsp3) is 0.800. The normalized spacial score (nSPS) is 25.0. The van der Waals surface area contributed by atoms with E-state index in [0.717, 1.165) is 18.7 Å². The summed E-state index contributed by atoms with van der Waals surface area (Å²) in [6.45, 7) is 7.95. The van der Waals surface area contributed by atoms with Crippen molar-refractivity contribution in [2.24, 2.45) is 0 Å². The van der Waals surface area contributed by atoms with Crippen LogP contribution in [0.2, 0.25) is 0 Å². The summed E-state index contributed by atoms with van der Waals surface area (Å²) >= 11 is 0. The third-order valence-corrected chi connectivity index (χ3v) is 6.66. The van der Waals surface area contributed by atoms with Crippen LogP contribution in [0.15, 0.2) is 12.4 Å². The van der Waals surface area contributed by atoms with Gasteiger partial charge in [-0.15, -0.1) is 0 Å². The molecule has 0 bridgehead atoms. The highest BCUT2D eigenvalue weighted by Gasteiger charge is 2.40. The summed E-state index contributed by atoms with van der Waals surface area (Å²) < 4.78 is 25.3. The quantitative estimate of drug-likeness (QED) is 0.838. The van der Waals surface area contributed by atoms with E-state index >= 15 is 0 Å². The van der Waals surface area contributed by atoms with Crippen LogP contribution in [0.4, 0.5) is 0 Å². The van der Waals surface area contributed by atoms with E-state index in [1.54, 1.807) is 0 Å². The number of nitrogens with one attached hydrogen (secondary N) is 1. The third kappa shape index (κ3) is 3.88. The first-order chi connectivity index (χ1) is 10.0. The van der Waals surface area contributed by atoms with Crippen LogP contribution in [-0.4, -0.2) is 60.8 Å². The summed E-state index contributed by atoms with van der Waals surface area (Å²) in [6.07, 6.45) is 4.43. The van der Waals surface area contributed by atoms with E-state index in [4.69, 9.17) is 0 Å². The van der Waals surface area contributed by atoms with Crippen molar-refractivity contribution in [3.63, 3.8) is 0 Å². The Morgan fingerprint density at radius 3 is 2.68 bits per heavy atom. The van der Waals surface area contributed by atoms with Gasteiger partial charge in [-0.05, 0) is 41.3 Å². The Hall–Kier alpha value is -0.920. The molecule has 1 N–H and O–H groups in total. The molecule has 7 heteroatoms. The smallest absolute Gasteiger partial charge is 0.152 e. The highest BCUT2D eigenvalue weighted by Crippen LogP contribution is 2.30. The SMILES string of the molecule is CN(C)C(C)(C)CNCc1cnn(C2(C)CCS(=O)(=O)C2)c1. The zero-order chi connectivity index (χ0) is 16.6. The molecule has 2 rings (SSSR count). The molecule has 1 aromatic heterocycles. The first-order valence-corrected chi connectivity index (χ1v) is 9.49. The average Bonchev–Trinajstić information content (AvgIpc) is 2.95. The Kier molecular flexibility index (Phi) is 4.71. The lowest BCUT2D eigenvalue weighted by molar-refractivity contribution is 0.189. The van der Waals surface area contributed by atoms with Gasteiger partial charge in [-0.1, -0.05) is 0 Å². The highest BCUT2D eigenvalue weighted by molar-refractivity contribution is 7.91. The molecule has 1 atom stereocenters. The molecule has 1 unspecified atom stereocenters. The predicted octanol–water partition coefficient (Wildman–Crippen LogP) is 0.847. The molecule has 6 nitrogen and oxygen atoms in total. The van der Waals surface area contributed by atoms with Crippen molar-refractivity contribution in [2.75, 3.05) is 32.1 Å². The molecule has 0 amide bonds. The molecule has 0 aliphatic carbocycles. The van der Waals surface area contributed by atoms with E-state index in [-0.39, 0.29) is 17.0 Å². The van der Waals surface area contributed by atoms with E-state index in [2.05, 4.69) is 43.3 Å². The Balaban J connectivity index is 1.95. The molecule has 1 aromatic rings. The topological polar surface area (TPSA) is 67.2 Å². The monoisotopic (exact) mass is 328 g/mol. The predicted molar refractivity (Wildman–Crippen MR) is 88.6 cm³/mol. The lowest BCUT2D eigenvalue weighted by atomic mass is 10.0. The van der Waals surface area contributed by atoms with E-state index in [9.17, 15) is 8.42 Å². The number of aromatic nitrogens is 2. The molecule has 0 radical (unpaired) electrons. The largest absolute Gasteiger partial charge is 0.311 e. The van der Waals surface area contributed by atoms with Crippen molar-refractivity contribution in [3.8, 4) is 0 Å². The zero-order valence-electron chi connectivity index (χ0n) is 14.3. The maximum Gasteiger partial charge on any atom is 0.152 e. The molecule has 1 saturated heterocycles. The van der Waals surface area contributed by atoms with E-state index < -0.39 is 15.4 Å². The second-order valence-corrected chi connectivity index (χ2v) is 9.63. The van der Waals surface area contributed by atoms with E-state index in [0.29, 0.717) is 6.42 Å². The van der Waals surface area contributed by atoms with Crippen LogP contribution in [0.25, 0.3) is 0 Å². The van der Waals surface area contributed by atoms with Crippen LogP contribution in [0, 0.1) is 0 Å². The fourth-order valence-electron chi connectivity index (χ4n) is 2.59. The van der Waals surface area contributed by atoms with Crippen molar-refractivity contribution in [1.29, 1.82) is 0 Å². The first kappa shape index (κ1) is 17.4. The third-order valence-electron chi connectivity index (χ3n) is 4.77. The maximum absolute atomic E-state index is 11.7. The first-order valence-electron chi connectivity index (χ1n) is 7.67. The Morgan fingerprint density at radius 1 is 1.45 bits per heavy atom. The minimum Gasteiger partial charge on any atom is -0.311 e. The van der Waals surface area contributed by atoms with Crippen LogP contribution in [0.5, 0.6) is 0 Å². The molecule has 126 valence electrons. The summed E-state index contributed by atoms with van der Waals surface area (Å²) in [5, 5.41) is 7.83. The van der Waals surface area contributed by atoms with Gasteiger partial charge in [-0.3, -0.25) is 4.68 Å². The number of sulfone groups is 1. The lowest BCUT2D eigenvalue weighted by Crippen LogP contribution is -2.46. The van der Waals surface area contributed by atoms with Crippen LogP contribution in [-0.2, 0) is 21.9 Å². The van der Waals surface area contributed by atoms with Gasteiger partial charge < -0.3 is 10.2 Å². The number of hydrogen-bond acceptors (Lipinski definition) is 5. The molecule has 22 heavy (non-hydrogen) atoms. The van der Waals surface area contributed by atoms with Crippen molar-refractivity contribution in [1.82, 2.24) is 20.0 Å². The Morgan fingerprint density at radius 2 is 2.14 bits per heavy atom. The number of nitrogens with zero attached hydrogens (tertiary/aromatic N) is 3. The highest BCUT2D eigenvalue weighted by atomic mass is 32.2. The van der Waals surface area contributed by atoms with Gasteiger partial charge in [-0.2, -0.15) is 5.10 Å². The van der Waals surface area contributed by atoms with Gasteiger partial charge in [0, 0.05) is 30.4 Å². The van der Waals surface area contributed by atoms with Gasteiger partial charge in [0.1, 0.15) is 0 Å². The number of hydrogen-bond donors (Lipinski definition) is 1. The molecule has 0 aromatic carbocycles. The Labute approximate surface area is 133 Å².